The van der Waals surface area contributed by atoms with E-state index in [0.29, 0.717) is 6.04 Å². The summed E-state index contributed by atoms with van der Waals surface area (Å²) < 4.78 is 5.36. The minimum Gasteiger partial charge on any atom is -0.398 e. The van der Waals surface area contributed by atoms with E-state index in [4.69, 9.17) is 10.5 Å². The Bertz CT molecular complexity index is 389. The number of anilines is 2. The number of nitrogen functional groups attached to an aromatic ring is 1. The van der Waals surface area contributed by atoms with Crippen molar-refractivity contribution in [2.45, 2.75) is 19.9 Å². The summed E-state index contributed by atoms with van der Waals surface area (Å²) in [6, 6.07) is 6.42. The third kappa shape index (κ3) is 3.37. The Hall–Kier alpha value is -1.26. The van der Waals surface area contributed by atoms with Crippen molar-refractivity contribution in [1.29, 1.82) is 0 Å². The van der Waals surface area contributed by atoms with E-state index in [1.165, 1.54) is 0 Å². The summed E-state index contributed by atoms with van der Waals surface area (Å²) in [5.74, 6) is 0. The highest BCUT2D eigenvalue weighted by atomic mass is 16.5. The fourth-order valence-corrected chi connectivity index (χ4v) is 2.29. The van der Waals surface area contributed by atoms with Gasteiger partial charge in [-0.3, -0.25) is 4.90 Å². The Balaban J connectivity index is 1.90. The van der Waals surface area contributed by atoms with Gasteiger partial charge in [0.15, 0.2) is 0 Å². The molecule has 1 aromatic rings. The van der Waals surface area contributed by atoms with Crippen LogP contribution in [-0.2, 0) is 4.74 Å². The Morgan fingerprint density at radius 1 is 1.39 bits per heavy atom. The molecule has 18 heavy (non-hydrogen) atoms. The van der Waals surface area contributed by atoms with E-state index < -0.39 is 0 Å². The molecule has 0 saturated carbocycles. The van der Waals surface area contributed by atoms with Crippen LogP contribution in [0.2, 0.25) is 0 Å². The quantitative estimate of drug-likeness (QED) is 0.798. The van der Waals surface area contributed by atoms with Crippen LogP contribution in [0.4, 0.5) is 11.4 Å². The van der Waals surface area contributed by atoms with Gasteiger partial charge in [-0.25, -0.2) is 0 Å². The Kier molecular flexibility index (Phi) is 4.44. The molecule has 1 heterocycles. The Morgan fingerprint density at radius 2 is 2.11 bits per heavy atom. The largest absolute Gasteiger partial charge is 0.398 e. The predicted molar refractivity (Wildman–Crippen MR) is 75.9 cm³/mol. The van der Waals surface area contributed by atoms with E-state index in [-0.39, 0.29) is 0 Å². The van der Waals surface area contributed by atoms with E-state index in [1.807, 2.05) is 12.1 Å². The molecule has 1 saturated heterocycles. The fourth-order valence-electron chi connectivity index (χ4n) is 2.29. The maximum absolute atomic E-state index is 5.91. The number of hydrogen-bond donors (Lipinski definition) is 2. The van der Waals surface area contributed by atoms with Crippen LogP contribution in [0, 0.1) is 6.92 Å². The lowest BCUT2D eigenvalue weighted by Crippen LogP contribution is -2.42. The highest BCUT2D eigenvalue weighted by Gasteiger charge is 2.14. The molecule has 0 radical (unpaired) electrons. The molecule has 0 aliphatic carbocycles. The standard InChI is InChI=1S/C14H23N3O/c1-11(10-17-6-8-18-9-7-17)16-14-5-3-4-13(15)12(14)2/h3-5,11,16H,6-10,15H2,1-2H3. The van der Waals surface area contributed by atoms with Crippen molar-refractivity contribution in [3.05, 3.63) is 23.8 Å². The van der Waals surface area contributed by atoms with Gasteiger partial charge in [0, 0.05) is 37.1 Å². The number of benzene rings is 1. The van der Waals surface area contributed by atoms with Crippen molar-refractivity contribution in [2.75, 3.05) is 43.9 Å². The summed E-state index contributed by atoms with van der Waals surface area (Å²) in [5, 5.41) is 3.54. The van der Waals surface area contributed by atoms with Crippen LogP contribution in [0.15, 0.2) is 18.2 Å². The molecular weight excluding hydrogens is 226 g/mol. The van der Waals surface area contributed by atoms with Crippen LogP contribution in [0.25, 0.3) is 0 Å². The van der Waals surface area contributed by atoms with Crippen molar-refractivity contribution in [3.8, 4) is 0 Å². The number of nitrogens with one attached hydrogen (secondary N) is 1. The first-order valence-electron chi connectivity index (χ1n) is 6.58. The van der Waals surface area contributed by atoms with Gasteiger partial charge in [-0.05, 0) is 31.5 Å². The molecule has 0 amide bonds. The van der Waals surface area contributed by atoms with E-state index in [0.717, 1.165) is 49.8 Å². The molecule has 1 aliphatic heterocycles. The zero-order valence-electron chi connectivity index (χ0n) is 11.3. The zero-order valence-corrected chi connectivity index (χ0v) is 11.3. The van der Waals surface area contributed by atoms with E-state index in [1.54, 1.807) is 0 Å². The maximum atomic E-state index is 5.91. The van der Waals surface area contributed by atoms with Gasteiger partial charge in [0.25, 0.3) is 0 Å². The molecule has 4 heteroatoms. The molecule has 1 unspecified atom stereocenters. The monoisotopic (exact) mass is 249 g/mol. The summed E-state index contributed by atoms with van der Waals surface area (Å²) in [4.78, 5) is 2.43. The molecule has 0 bridgehead atoms. The van der Waals surface area contributed by atoms with E-state index in [9.17, 15) is 0 Å². The van der Waals surface area contributed by atoms with Crippen molar-refractivity contribution in [3.63, 3.8) is 0 Å². The van der Waals surface area contributed by atoms with Gasteiger partial charge >= 0.3 is 0 Å². The summed E-state index contributed by atoms with van der Waals surface area (Å²) in [6.07, 6.45) is 0. The molecule has 4 nitrogen and oxygen atoms in total. The van der Waals surface area contributed by atoms with Gasteiger partial charge in [0.2, 0.25) is 0 Å². The lowest BCUT2D eigenvalue weighted by molar-refractivity contribution is 0.0368. The first-order valence-corrected chi connectivity index (χ1v) is 6.58. The normalized spacial score (nSPS) is 18.6. The first-order chi connectivity index (χ1) is 8.66. The number of ether oxygens (including phenoxy) is 1. The molecule has 0 aromatic heterocycles. The third-order valence-electron chi connectivity index (χ3n) is 3.41. The summed E-state index contributed by atoms with van der Waals surface area (Å²) in [6.45, 7) is 9.06. The molecule has 100 valence electrons. The summed E-state index contributed by atoms with van der Waals surface area (Å²) >= 11 is 0. The van der Waals surface area contributed by atoms with Crippen molar-refractivity contribution in [2.24, 2.45) is 0 Å². The predicted octanol–water partition coefficient (Wildman–Crippen LogP) is 1.71. The van der Waals surface area contributed by atoms with Crippen molar-refractivity contribution >= 4 is 11.4 Å². The zero-order chi connectivity index (χ0) is 13.0. The summed E-state index contributed by atoms with van der Waals surface area (Å²) in [7, 11) is 0. The third-order valence-corrected chi connectivity index (χ3v) is 3.41. The minimum atomic E-state index is 0.406. The van der Waals surface area contributed by atoms with E-state index >= 15 is 0 Å². The fraction of sp³-hybridized carbons (Fsp3) is 0.571. The number of rotatable bonds is 4. The molecule has 1 fully saturated rings. The first kappa shape index (κ1) is 13.2. The van der Waals surface area contributed by atoms with Crippen LogP contribution in [0.5, 0.6) is 0 Å². The van der Waals surface area contributed by atoms with Crippen molar-refractivity contribution < 1.29 is 4.74 Å². The minimum absolute atomic E-state index is 0.406. The molecule has 3 N–H and O–H groups in total. The maximum Gasteiger partial charge on any atom is 0.0594 e. The van der Waals surface area contributed by atoms with Gasteiger partial charge in [0.1, 0.15) is 0 Å². The van der Waals surface area contributed by atoms with Gasteiger partial charge < -0.3 is 15.8 Å². The number of hydrogen-bond acceptors (Lipinski definition) is 4. The second-order valence-electron chi connectivity index (χ2n) is 4.98. The van der Waals surface area contributed by atoms with Crippen molar-refractivity contribution in [1.82, 2.24) is 4.90 Å². The molecular formula is C14H23N3O. The van der Waals surface area contributed by atoms with Crippen LogP contribution < -0.4 is 11.1 Å². The average molecular weight is 249 g/mol. The molecule has 1 atom stereocenters. The molecule has 1 aliphatic rings. The van der Waals surface area contributed by atoms with E-state index in [2.05, 4.69) is 30.1 Å². The smallest absolute Gasteiger partial charge is 0.0594 e. The number of nitrogens with two attached hydrogens (primary N) is 1. The van der Waals surface area contributed by atoms with Crippen LogP contribution in [0.1, 0.15) is 12.5 Å². The number of nitrogens with zero attached hydrogens (tertiary/aromatic N) is 1. The molecule has 2 rings (SSSR count). The van der Waals surface area contributed by atoms with Crippen LogP contribution in [0.3, 0.4) is 0 Å². The highest BCUT2D eigenvalue weighted by molar-refractivity contribution is 5.63. The Labute approximate surface area is 109 Å². The lowest BCUT2D eigenvalue weighted by atomic mass is 10.1. The topological polar surface area (TPSA) is 50.5 Å². The summed E-state index contributed by atoms with van der Waals surface area (Å²) in [5.41, 5.74) is 9.03. The number of morpholine rings is 1. The lowest BCUT2D eigenvalue weighted by Gasteiger charge is -2.30. The van der Waals surface area contributed by atoms with Gasteiger partial charge in [-0.2, -0.15) is 0 Å². The van der Waals surface area contributed by atoms with Crippen LogP contribution >= 0.6 is 0 Å². The SMILES string of the molecule is Cc1c(N)cccc1NC(C)CN1CCOCC1. The van der Waals surface area contributed by atoms with Gasteiger partial charge in [-0.15, -0.1) is 0 Å². The second-order valence-corrected chi connectivity index (χ2v) is 4.98. The van der Waals surface area contributed by atoms with Gasteiger partial charge in [-0.1, -0.05) is 6.07 Å². The molecule has 0 spiro atoms. The molecule has 1 aromatic carbocycles. The second kappa shape index (κ2) is 6.07. The van der Waals surface area contributed by atoms with Gasteiger partial charge in [0.05, 0.1) is 13.2 Å². The Morgan fingerprint density at radius 3 is 2.83 bits per heavy atom. The highest BCUT2D eigenvalue weighted by Crippen LogP contribution is 2.21. The van der Waals surface area contributed by atoms with Crippen LogP contribution in [-0.4, -0.2) is 43.8 Å². The average Bonchev–Trinajstić information content (AvgIpc) is 2.36.